The minimum atomic E-state index is -0.454. The molecule has 5 heteroatoms. The number of hydrogen-bond donors (Lipinski definition) is 1. The minimum absolute atomic E-state index is 0.00773. The Bertz CT molecular complexity index is 388. The van der Waals surface area contributed by atoms with E-state index in [1.54, 1.807) is 12.1 Å². The second-order valence-electron chi connectivity index (χ2n) is 4.17. The van der Waals surface area contributed by atoms with Gasteiger partial charge in [0.2, 0.25) is 0 Å². The zero-order valence-corrected chi connectivity index (χ0v) is 8.56. The lowest BCUT2D eigenvalue weighted by molar-refractivity contribution is -0.388. The Morgan fingerprint density at radius 2 is 2.33 bits per heavy atom. The summed E-state index contributed by atoms with van der Waals surface area (Å²) in [6.07, 6.45) is 4.72. The van der Waals surface area contributed by atoms with E-state index in [4.69, 9.17) is 0 Å². The predicted molar refractivity (Wildman–Crippen MR) is 56.8 cm³/mol. The second kappa shape index (κ2) is 3.49. The molecular weight excluding hydrogens is 194 g/mol. The molecule has 0 saturated heterocycles. The zero-order chi connectivity index (χ0) is 10.9. The molecule has 80 valence electrons. The van der Waals surface area contributed by atoms with Crippen LogP contribution in [0.15, 0.2) is 18.3 Å². The zero-order valence-electron chi connectivity index (χ0n) is 8.56. The Kier molecular flexibility index (Phi) is 2.30. The largest absolute Gasteiger partial charge is 0.386 e. The minimum Gasteiger partial charge on any atom is -0.373 e. The highest BCUT2D eigenvalue weighted by molar-refractivity contribution is 5.58. The molecule has 0 bridgehead atoms. The van der Waals surface area contributed by atoms with Gasteiger partial charge in [-0.15, -0.1) is 0 Å². The summed E-state index contributed by atoms with van der Waals surface area (Å²) in [6, 6.07) is 3.41. The van der Waals surface area contributed by atoms with Crippen LogP contribution in [0.4, 0.5) is 11.5 Å². The van der Waals surface area contributed by atoms with Crippen LogP contribution in [0.5, 0.6) is 0 Å². The normalized spacial score (nSPS) is 17.9. The van der Waals surface area contributed by atoms with Crippen LogP contribution >= 0.6 is 0 Å². The summed E-state index contributed by atoms with van der Waals surface area (Å²) in [5, 5.41) is 13.9. The van der Waals surface area contributed by atoms with Gasteiger partial charge in [0.15, 0.2) is 0 Å². The van der Waals surface area contributed by atoms with Crippen molar-refractivity contribution < 1.29 is 4.92 Å². The van der Waals surface area contributed by atoms with Crippen LogP contribution < -0.4 is 5.32 Å². The fourth-order valence-corrected chi connectivity index (χ4v) is 1.80. The Morgan fingerprint density at radius 1 is 1.60 bits per heavy atom. The van der Waals surface area contributed by atoms with Crippen LogP contribution in [-0.2, 0) is 0 Å². The Morgan fingerprint density at radius 3 is 2.87 bits per heavy atom. The van der Waals surface area contributed by atoms with Crippen molar-refractivity contribution in [2.75, 3.05) is 5.32 Å². The maximum Gasteiger partial charge on any atom is 0.386 e. The van der Waals surface area contributed by atoms with E-state index in [-0.39, 0.29) is 11.4 Å². The van der Waals surface area contributed by atoms with E-state index in [2.05, 4.69) is 17.2 Å². The third-order valence-electron chi connectivity index (χ3n) is 2.85. The smallest absolute Gasteiger partial charge is 0.373 e. The van der Waals surface area contributed by atoms with Crippen LogP contribution in [0.2, 0.25) is 0 Å². The van der Waals surface area contributed by atoms with Crippen molar-refractivity contribution in [2.24, 2.45) is 0 Å². The van der Waals surface area contributed by atoms with Crippen molar-refractivity contribution in [2.45, 2.75) is 31.7 Å². The standard InChI is InChI=1S/C10H13N3O2/c1-10(5-3-6-10)12-8-4-2-7-11-9(8)13(14)15/h2,4,7,12H,3,5-6H2,1H3. The second-order valence-corrected chi connectivity index (χ2v) is 4.17. The Balaban J connectivity index is 2.23. The molecule has 15 heavy (non-hydrogen) atoms. The van der Waals surface area contributed by atoms with E-state index < -0.39 is 4.92 Å². The molecule has 0 spiro atoms. The fraction of sp³-hybridized carbons (Fsp3) is 0.500. The summed E-state index contributed by atoms with van der Waals surface area (Å²) in [7, 11) is 0. The quantitative estimate of drug-likeness (QED) is 0.610. The molecule has 0 radical (unpaired) electrons. The van der Waals surface area contributed by atoms with Gasteiger partial charge in [-0.05, 0) is 48.2 Å². The number of nitrogens with one attached hydrogen (secondary N) is 1. The van der Waals surface area contributed by atoms with Crippen molar-refractivity contribution >= 4 is 11.5 Å². The average molecular weight is 207 g/mol. The van der Waals surface area contributed by atoms with Crippen LogP contribution in [0.3, 0.4) is 0 Å². The van der Waals surface area contributed by atoms with Gasteiger partial charge in [0.1, 0.15) is 11.9 Å². The lowest BCUT2D eigenvalue weighted by atomic mass is 9.78. The summed E-state index contributed by atoms with van der Waals surface area (Å²) in [5.41, 5.74) is 0.526. The van der Waals surface area contributed by atoms with Crippen molar-refractivity contribution in [3.8, 4) is 0 Å². The van der Waals surface area contributed by atoms with Gasteiger partial charge in [-0.25, -0.2) is 0 Å². The molecule has 0 aromatic carbocycles. The first-order valence-corrected chi connectivity index (χ1v) is 4.98. The highest BCUT2D eigenvalue weighted by Crippen LogP contribution is 2.36. The highest BCUT2D eigenvalue weighted by Gasteiger charge is 2.33. The first kappa shape index (κ1) is 9.89. The van der Waals surface area contributed by atoms with Gasteiger partial charge in [-0.2, -0.15) is 0 Å². The topological polar surface area (TPSA) is 68.1 Å². The number of rotatable bonds is 3. The van der Waals surface area contributed by atoms with E-state index in [9.17, 15) is 10.1 Å². The van der Waals surface area contributed by atoms with Crippen LogP contribution in [0, 0.1) is 10.1 Å². The lowest BCUT2D eigenvalue weighted by Crippen LogP contribution is -2.41. The van der Waals surface area contributed by atoms with Crippen LogP contribution in [-0.4, -0.2) is 15.4 Å². The molecule has 1 saturated carbocycles. The molecule has 1 heterocycles. The number of anilines is 1. The number of pyridine rings is 1. The summed E-state index contributed by atoms with van der Waals surface area (Å²) < 4.78 is 0. The fourth-order valence-electron chi connectivity index (χ4n) is 1.80. The van der Waals surface area contributed by atoms with Gasteiger partial charge in [0, 0.05) is 5.54 Å². The molecule has 1 fully saturated rings. The maximum atomic E-state index is 10.7. The number of aromatic nitrogens is 1. The van der Waals surface area contributed by atoms with E-state index >= 15 is 0 Å². The van der Waals surface area contributed by atoms with Gasteiger partial charge in [0.05, 0.1) is 0 Å². The third-order valence-corrected chi connectivity index (χ3v) is 2.85. The molecule has 2 rings (SSSR count). The van der Waals surface area contributed by atoms with Crippen molar-refractivity contribution in [3.63, 3.8) is 0 Å². The van der Waals surface area contributed by atoms with Gasteiger partial charge >= 0.3 is 5.82 Å². The maximum absolute atomic E-state index is 10.7. The molecule has 5 nitrogen and oxygen atoms in total. The Labute approximate surface area is 87.7 Å². The van der Waals surface area contributed by atoms with Gasteiger partial charge in [-0.3, -0.25) is 0 Å². The van der Waals surface area contributed by atoms with E-state index in [0.717, 1.165) is 12.8 Å². The van der Waals surface area contributed by atoms with Gasteiger partial charge in [-0.1, -0.05) is 0 Å². The molecule has 0 atom stereocenters. The molecule has 0 unspecified atom stereocenters. The Hall–Kier alpha value is -1.65. The SMILES string of the molecule is CC1(Nc2cccnc2[N+](=O)[O-])CCC1. The molecule has 1 aliphatic rings. The van der Waals surface area contributed by atoms with Crippen molar-refractivity contribution in [3.05, 3.63) is 28.4 Å². The van der Waals surface area contributed by atoms with Crippen LogP contribution in [0.1, 0.15) is 26.2 Å². The molecule has 0 aliphatic heterocycles. The first-order valence-electron chi connectivity index (χ1n) is 4.98. The van der Waals surface area contributed by atoms with E-state index in [1.165, 1.54) is 12.6 Å². The first-order chi connectivity index (χ1) is 7.11. The summed E-state index contributed by atoms with van der Waals surface area (Å²) in [6.45, 7) is 2.08. The number of nitrogens with zero attached hydrogens (tertiary/aromatic N) is 2. The van der Waals surface area contributed by atoms with Crippen LogP contribution in [0.25, 0.3) is 0 Å². The summed E-state index contributed by atoms with van der Waals surface area (Å²) in [4.78, 5) is 14.0. The molecular formula is C10H13N3O2. The average Bonchev–Trinajstić information content (AvgIpc) is 2.16. The van der Waals surface area contributed by atoms with Gasteiger partial charge in [0.25, 0.3) is 0 Å². The summed E-state index contributed by atoms with van der Waals surface area (Å²) in [5.74, 6) is -0.0920. The summed E-state index contributed by atoms with van der Waals surface area (Å²) >= 11 is 0. The number of nitro groups is 1. The molecule has 1 aromatic rings. The molecule has 1 N–H and O–H groups in total. The van der Waals surface area contributed by atoms with Crippen molar-refractivity contribution in [1.29, 1.82) is 0 Å². The monoisotopic (exact) mass is 207 g/mol. The molecule has 1 aliphatic carbocycles. The lowest BCUT2D eigenvalue weighted by Gasteiger charge is -2.39. The van der Waals surface area contributed by atoms with Crippen molar-refractivity contribution in [1.82, 2.24) is 4.98 Å². The predicted octanol–water partition coefficient (Wildman–Crippen LogP) is 2.34. The molecule has 1 aromatic heterocycles. The molecule has 0 amide bonds. The van der Waals surface area contributed by atoms with Gasteiger partial charge < -0.3 is 15.4 Å². The third kappa shape index (κ3) is 1.91. The highest BCUT2D eigenvalue weighted by atomic mass is 16.6. The number of hydrogen-bond acceptors (Lipinski definition) is 4. The van der Waals surface area contributed by atoms with E-state index in [0.29, 0.717) is 5.69 Å². The van der Waals surface area contributed by atoms with E-state index in [1.807, 2.05) is 0 Å².